The van der Waals surface area contributed by atoms with Gasteiger partial charge in [-0.1, -0.05) is 50.8 Å². The SMILES string of the molecule is [C-]#[N+][C@@H]1C[C@@H](O)C(c2ccc3c(c2)CCC3)C1CCCCCC. The van der Waals surface area contributed by atoms with Crippen molar-refractivity contribution in [2.75, 3.05) is 0 Å². The van der Waals surface area contributed by atoms with Crippen molar-refractivity contribution in [2.45, 2.75) is 82.8 Å². The van der Waals surface area contributed by atoms with Gasteiger partial charge < -0.3 is 9.95 Å². The molecule has 1 aromatic rings. The van der Waals surface area contributed by atoms with Crippen LogP contribution < -0.4 is 0 Å². The second kappa shape index (κ2) is 7.49. The molecule has 0 bridgehead atoms. The standard InChI is InChI=1S/C21H29NO/c1-3-4-5-6-10-18-19(22-2)14-20(23)21(18)17-12-11-15-8-7-9-16(15)13-17/h11-13,18-21,23H,3-10,14H2,1H3/t18?,19-,20-,21?/m1/s1. The summed E-state index contributed by atoms with van der Waals surface area (Å²) >= 11 is 0. The van der Waals surface area contributed by atoms with E-state index in [0.29, 0.717) is 12.3 Å². The smallest absolute Gasteiger partial charge is 0.229 e. The Kier molecular flexibility index (Phi) is 5.38. The minimum absolute atomic E-state index is 0.00452. The molecule has 1 N–H and O–H groups in total. The lowest BCUT2D eigenvalue weighted by Crippen LogP contribution is -2.19. The zero-order chi connectivity index (χ0) is 16.2. The van der Waals surface area contributed by atoms with Crippen molar-refractivity contribution in [3.63, 3.8) is 0 Å². The molecule has 2 heteroatoms. The van der Waals surface area contributed by atoms with Crippen molar-refractivity contribution in [1.82, 2.24) is 0 Å². The number of fused-ring (bicyclic) bond motifs is 1. The van der Waals surface area contributed by atoms with Crippen molar-refractivity contribution < 1.29 is 5.11 Å². The van der Waals surface area contributed by atoms with Crippen LogP contribution in [0.4, 0.5) is 0 Å². The first kappa shape index (κ1) is 16.5. The fourth-order valence-electron chi connectivity index (χ4n) is 4.69. The van der Waals surface area contributed by atoms with E-state index in [4.69, 9.17) is 6.57 Å². The molecule has 0 spiro atoms. The largest absolute Gasteiger partial charge is 0.392 e. The van der Waals surface area contributed by atoms with E-state index in [1.54, 1.807) is 0 Å². The summed E-state index contributed by atoms with van der Waals surface area (Å²) in [6.45, 7) is 9.76. The Morgan fingerprint density at radius 3 is 2.78 bits per heavy atom. The number of aliphatic hydroxyl groups excluding tert-OH is 1. The van der Waals surface area contributed by atoms with Gasteiger partial charge in [-0.15, -0.1) is 0 Å². The van der Waals surface area contributed by atoms with Gasteiger partial charge in [0.25, 0.3) is 0 Å². The highest BCUT2D eigenvalue weighted by Gasteiger charge is 2.46. The predicted octanol–water partition coefficient (Wildman–Crippen LogP) is 4.90. The normalized spacial score (nSPS) is 29.4. The highest BCUT2D eigenvalue weighted by atomic mass is 16.3. The van der Waals surface area contributed by atoms with Crippen molar-refractivity contribution in [3.05, 3.63) is 46.3 Å². The summed E-state index contributed by atoms with van der Waals surface area (Å²) in [4.78, 5) is 3.86. The maximum Gasteiger partial charge on any atom is 0.229 e. The third-order valence-corrected chi connectivity index (χ3v) is 5.92. The Hall–Kier alpha value is -1.33. The summed E-state index contributed by atoms with van der Waals surface area (Å²) in [5, 5.41) is 10.6. The average Bonchev–Trinajstić information content (AvgIpc) is 3.14. The molecule has 2 nitrogen and oxygen atoms in total. The highest BCUT2D eigenvalue weighted by molar-refractivity contribution is 5.38. The molecule has 2 unspecified atom stereocenters. The fourth-order valence-corrected chi connectivity index (χ4v) is 4.69. The Labute approximate surface area is 140 Å². The lowest BCUT2D eigenvalue weighted by Gasteiger charge is -2.22. The van der Waals surface area contributed by atoms with E-state index in [-0.39, 0.29) is 18.1 Å². The van der Waals surface area contributed by atoms with Gasteiger partial charge in [-0.05, 0) is 42.4 Å². The second-order valence-corrected chi connectivity index (χ2v) is 7.42. The summed E-state index contributed by atoms with van der Waals surface area (Å²) in [6, 6.07) is 6.83. The maximum atomic E-state index is 10.6. The number of rotatable bonds is 6. The molecule has 2 aliphatic rings. The molecule has 2 aliphatic carbocycles. The lowest BCUT2D eigenvalue weighted by molar-refractivity contribution is 0.153. The Balaban J connectivity index is 1.78. The van der Waals surface area contributed by atoms with Gasteiger partial charge in [0.05, 0.1) is 6.10 Å². The van der Waals surface area contributed by atoms with Crippen LogP contribution in [0.5, 0.6) is 0 Å². The minimum Gasteiger partial charge on any atom is -0.392 e. The van der Waals surface area contributed by atoms with Gasteiger partial charge in [0.15, 0.2) is 0 Å². The molecule has 0 amide bonds. The first-order valence-electron chi connectivity index (χ1n) is 9.41. The first-order chi connectivity index (χ1) is 11.2. The third-order valence-electron chi connectivity index (χ3n) is 5.92. The summed E-state index contributed by atoms with van der Waals surface area (Å²) in [7, 11) is 0. The molecule has 1 fully saturated rings. The van der Waals surface area contributed by atoms with Gasteiger partial charge in [0, 0.05) is 18.3 Å². The maximum absolute atomic E-state index is 10.6. The number of unbranched alkanes of at least 4 members (excludes halogenated alkanes) is 3. The zero-order valence-electron chi connectivity index (χ0n) is 14.3. The summed E-state index contributed by atoms with van der Waals surface area (Å²) in [5.41, 5.74) is 4.25. The summed E-state index contributed by atoms with van der Waals surface area (Å²) in [5.74, 6) is 0.500. The molecule has 0 aliphatic heterocycles. The topological polar surface area (TPSA) is 24.6 Å². The molecule has 0 aromatic heterocycles. The zero-order valence-corrected chi connectivity index (χ0v) is 14.3. The number of nitrogens with zero attached hydrogens (tertiary/aromatic N) is 1. The molecule has 23 heavy (non-hydrogen) atoms. The van der Waals surface area contributed by atoms with Crippen LogP contribution in [0.15, 0.2) is 18.2 Å². The van der Waals surface area contributed by atoms with E-state index in [1.165, 1.54) is 61.6 Å². The van der Waals surface area contributed by atoms with E-state index in [0.717, 1.165) is 6.42 Å². The van der Waals surface area contributed by atoms with Gasteiger partial charge in [0.2, 0.25) is 6.04 Å². The van der Waals surface area contributed by atoms with Crippen LogP contribution in [-0.2, 0) is 12.8 Å². The van der Waals surface area contributed by atoms with E-state index in [2.05, 4.69) is 30.0 Å². The summed E-state index contributed by atoms with van der Waals surface area (Å²) in [6.07, 6.45) is 10.0. The van der Waals surface area contributed by atoms with Crippen LogP contribution in [0.3, 0.4) is 0 Å². The van der Waals surface area contributed by atoms with Gasteiger partial charge >= 0.3 is 0 Å². The number of aryl methyl sites for hydroxylation is 2. The van der Waals surface area contributed by atoms with Crippen LogP contribution in [0, 0.1) is 12.5 Å². The second-order valence-electron chi connectivity index (χ2n) is 7.42. The summed E-state index contributed by atoms with van der Waals surface area (Å²) < 4.78 is 0. The van der Waals surface area contributed by atoms with Gasteiger partial charge in [0.1, 0.15) is 0 Å². The number of aliphatic hydroxyl groups is 1. The molecule has 0 heterocycles. The molecular weight excluding hydrogens is 282 g/mol. The number of benzene rings is 1. The quantitative estimate of drug-likeness (QED) is 0.586. The Morgan fingerprint density at radius 2 is 2.00 bits per heavy atom. The number of hydrogen-bond acceptors (Lipinski definition) is 1. The van der Waals surface area contributed by atoms with Crippen LogP contribution >= 0.6 is 0 Å². The monoisotopic (exact) mass is 311 g/mol. The number of hydrogen-bond donors (Lipinski definition) is 1. The van der Waals surface area contributed by atoms with Crippen LogP contribution in [-0.4, -0.2) is 17.3 Å². The van der Waals surface area contributed by atoms with E-state index in [9.17, 15) is 5.11 Å². The molecule has 3 rings (SSSR count). The molecule has 124 valence electrons. The molecule has 0 radical (unpaired) electrons. The average molecular weight is 311 g/mol. The van der Waals surface area contributed by atoms with Crippen molar-refractivity contribution in [1.29, 1.82) is 0 Å². The van der Waals surface area contributed by atoms with Gasteiger partial charge in [-0.2, -0.15) is 0 Å². The van der Waals surface area contributed by atoms with Crippen molar-refractivity contribution in [3.8, 4) is 0 Å². The fraction of sp³-hybridized carbons (Fsp3) is 0.667. The first-order valence-corrected chi connectivity index (χ1v) is 9.41. The Bertz CT molecular complexity index is 574. The van der Waals surface area contributed by atoms with Gasteiger partial charge in [-0.3, -0.25) is 0 Å². The molecule has 1 aromatic carbocycles. The van der Waals surface area contributed by atoms with E-state index < -0.39 is 0 Å². The van der Waals surface area contributed by atoms with Crippen LogP contribution in [0.1, 0.15) is 74.5 Å². The molecular formula is C21H29NO. The lowest BCUT2D eigenvalue weighted by atomic mass is 9.82. The van der Waals surface area contributed by atoms with Crippen LogP contribution in [0.2, 0.25) is 0 Å². The van der Waals surface area contributed by atoms with Gasteiger partial charge in [-0.25, -0.2) is 6.57 Å². The van der Waals surface area contributed by atoms with Crippen molar-refractivity contribution >= 4 is 0 Å². The van der Waals surface area contributed by atoms with E-state index >= 15 is 0 Å². The third kappa shape index (κ3) is 3.45. The predicted molar refractivity (Wildman–Crippen MR) is 94.5 cm³/mol. The molecule has 4 atom stereocenters. The molecule has 0 saturated heterocycles. The molecule has 1 saturated carbocycles. The highest BCUT2D eigenvalue weighted by Crippen LogP contribution is 2.45. The van der Waals surface area contributed by atoms with E-state index in [1.807, 2.05) is 0 Å². The van der Waals surface area contributed by atoms with Crippen molar-refractivity contribution in [2.24, 2.45) is 5.92 Å². The minimum atomic E-state index is -0.343. The Morgan fingerprint density at radius 1 is 1.17 bits per heavy atom. The van der Waals surface area contributed by atoms with Crippen LogP contribution in [0.25, 0.3) is 4.85 Å².